The third-order valence-corrected chi connectivity index (χ3v) is 1.76. The molecule has 12 heavy (non-hydrogen) atoms. The predicted molar refractivity (Wildman–Crippen MR) is 48.3 cm³/mol. The molecule has 0 atom stereocenters. The number of ether oxygens (including phenoxy) is 1. The highest BCUT2D eigenvalue weighted by molar-refractivity contribution is 6.17. The van der Waals surface area contributed by atoms with Crippen LogP contribution in [0.1, 0.15) is 18.6 Å². The third kappa shape index (κ3) is 3.79. The molecule has 0 amide bonds. The maximum Gasteiger partial charge on any atom is 0.129 e. The molecule has 1 heterocycles. The fraction of sp³-hybridized carbons (Fsp3) is 0.556. The third-order valence-electron chi connectivity index (χ3n) is 1.50. The van der Waals surface area contributed by atoms with Crippen molar-refractivity contribution >= 4 is 11.6 Å². The van der Waals surface area contributed by atoms with Crippen molar-refractivity contribution in [1.82, 2.24) is 0 Å². The van der Waals surface area contributed by atoms with Crippen LogP contribution in [0.4, 0.5) is 0 Å². The Labute approximate surface area is 77.5 Å². The van der Waals surface area contributed by atoms with E-state index in [1.54, 1.807) is 6.26 Å². The molecule has 0 fully saturated rings. The molecule has 1 aromatic rings. The number of halogens is 1. The van der Waals surface area contributed by atoms with Gasteiger partial charge in [0.1, 0.15) is 12.4 Å². The van der Waals surface area contributed by atoms with Crippen LogP contribution < -0.4 is 0 Å². The molecule has 0 radical (unpaired) electrons. The standard InChI is InChI=1S/C9H13ClO2/c10-5-1-2-6-11-8-9-4-3-7-12-9/h3-4,7H,1-2,5-6,8H2. The topological polar surface area (TPSA) is 22.4 Å². The van der Waals surface area contributed by atoms with Crippen LogP contribution in [0.5, 0.6) is 0 Å². The number of hydrogen-bond donors (Lipinski definition) is 0. The molecule has 0 bridgehead atoms. The lowest BCUT2D eigenvalue weighted by molar-refractivity contribution is 0.104. The first-order chi connectivity index (χ1) is 5.93. The SMILES string of the molecule is ClCCCCOCc1ccco1. The zero-order valence-corrected chi connectivity index (χ0v) is 7.72. The molecule has 0 aliphatic rings. The summed E-state index contributed by atoms with van der Waals surface area (Å²) in [5.41, 5.74) is 0. The maximum absolute atomic E-state index is 5.51. The van der Waals surface area contributed by atoms with Crippen molar-refractivity contribution in [2.24, 2.45) is 0 Å². The van der Waals surface area contributed by atoms with Gasteiger partial charge in [-0.25, -0.2) is 0 Å². The van der Waals surface area contributed by atoms with Gasteiger partial charge in [0, 0.05) is 12.5 Å². The minimum Gasteiger partial charge on any atom is -0.467 e. The highest BCUT2D eigenvalue weighted by atomic mass is 35.5. The molecule has 1 rings (SSSR count). The van der Waals surface area contributed by atoms with E-state index >= 15 is 0 Å². The lowest BCUT2D eigenvalue weighted by Gasteiger charge is -1.99. The maximum atomic E-state index is 5.51. The average molecular weight is 189 g/mol. The van der Waals surface area contributed by atoms with E-state index in [9.17, 15) is 0 Å². The van der Waals surface area contributed by atoms with Crippen LogP contribution in [0, 0.1) is 0 Å². The molecule has 0 aromatic carbocycles. The monoisotopic (exact) mass is 188 g/mol. The van der Waals surface area contributed by atoms with Gasteiger partial charge in [-0.05, 0) is 25.0 Å². The van der Waals surface area contributed by atoms with E-state index in [-0.39, 0.29) is 0 Å². The van der Waals surface area contributed by atoms with Crippen molar-refractivity contribution in [3.63, 3.8) is 0 Å². The predicted octanol–water partition coefficient (Wildman–Crippen LogP) is 2.82. The quantitative estimate of drug-likeness (QED) is 0.506. The van der Waals surface area contributed by atoms with Gasteiger partial charge in [0.2, 0.25) is 0 Å². The Morgan fingerprint density at radius 2 is 2.33 bits per heavy atom. The Hall–Kier alpha value is -0.470. The molecule has 0 unspecified atom stereocenters. The van der Waals surface area contributed by atoms with Gasteiger partial charge in [0.15, 0.2) is 0 Å². The summed E-state index contributed by atoms with van der Waals surface area (Å²) in [6.45, 7) is 1.32. The lowest BCUT2D eigenvalue weighted by Crippen LogP contribution is -1.94. The summed E-state index contributed by atoms with van der Waals surface area (Å²) in [4.78, 5) is 0. The van der Waals surface area contributed by atoms with Crippen molar-refractivity contribution in [2.45, 2.75) is 19.4 Å². The van der Waals surface area contributed by atoms with E-state index in [4.69, 9.17) is 20.8 Å². The Morgan fingerprint density at radius 3 is 3.00 bits per heavy atom. The highest BCUT2D eigenvalue weighted by Gasteiger charge is 1.94. The van der Waals surface area contributed by atoms with Gasteiger partial charge in [-0.15, -0.1) is 11.6 Å². The number of rotatable bonds is 6. The van der Waals surface area contributed by atoms with Gasteiger partial charge < -0.3 is 9.15 Å². The average Bonchev–Trinajstić information content (AvgIpc) is 2.57. The minimum absolute atomic E-state index is 0.565. The molecule has 0 spiro atoms. The van der Waals surface area contributed by atoms with Gasteiger partial charge in [-0.2, -0.15) is 0 Å². The highest BCUT2D eigenvalue weighted by Crippen LogP contribution is 2.02. The summed E-state index contributed by atoms with van der Waals surface area (Å²) in [7, 11) is 0. The number of unbranched alkanes of at least 4 members (excludes halogenated alkanes) is 1. The molecule has 0 saturated heterocycles. The van der Waals surface area contributed by atoms with Crippen molar-refractivity contribution in [3.05, 3.63) is 24.2 Å². The van der Waals surface area contributed by atoms with Crippen molar-refractivity contribution in [3.8, 4) is 0 Å². The molecule has 2 nitrogen and oxygen atoms in total. The summed E-state index contributed by atoms with van der Waals surface area (Å²) < 4.78 is 10.4. The fourth-order valence-corrected chi connectivity index (χ4v) is 1.06. The van der Waals surface area contributed by atoms with Gasteiger partial charge in [0.25, 0.3) is 0 Å². The van der Waals surface area contributed by atoms with E-state index < -0.39 is 0 Å². The molecule has 0 saturated carbocycles. The van der Waals surface area contributed by atoms with Crippen LogP contribution in [0.25, 0.3) is 0 Å². The Balaban J connectivity index is 1.96. The van der Waals surface area contributed by atoms with Gasteiger partial charge in [-0.3, -0.25) is 0 Å². The second-order valence-electron chi connectivity index (χ2n) is 2.53. The summed E-state index contributed by atoms with van der Waals surface area (Å²) in [6.07, 6.45) is 3.68. The zero-order valence-electron chi connectivity index (χ0n) is 6.96. The Bertz CT molecular complexity index is 184. The first-order valence-electron chi connectivity index (χ1n) is 4.09. The molecule has 1 aromatic heterocycles. The number of alkyl halides is 1. The van der Waals surface area contributed by atoms with Crippen molar-refractivity contribution in [2.75, 3.05) is 12.5 Å². The minimum atomic E-state index is 0.565. The molecule has 68 valence electrons. The van der Waals surface area contributed by atoms with Crippen LogP contribution in [-0.2, 0) is 11.3 Å². The molecule has 0 aliphatic carbocycles. The first kappa shape index (κ1) is 9.62. The Morgan fingerprint density at radius 1 is 1.42 bits per heavy atom. The first-order valence-corrected chi connectivity index (χ1v) is 4.63. The summed E-state index contributed by atoms with van der Waals surface area (Å²) in [6, 6.07) is 3.76. The van der Waals surface area contributed by atoms with Gasteiger partial charge >= 0.3 is 0 Å². The summed E-state index contributed by atoms with van der Waals surface area (Å²) in [5.74, 6) is 1.59. The molecular weight excluding hydrogens is 176 g/mol. The van der Waals surface area contributed by atoms with Crippen LogP contribution in [0.3, 0.4) is 0 Å². The fourth-order valence-electron chi connectivity index (χ4n) is 0.866. The molecule has 0 N–H and O–H groups in total. The number of hydrogen-bond acceptors (Lipinski definition) is 2. The van der Waals surface area contributed by atoms with Crippen LogP contribution in [0.15, 0.2) is 22.8 Å². The van der Waals surface area contributed by atoms with E-state index in [2.05, 4.69) is 0 Å². The molecule has 3 heteroatoms. The zero-order chi connectivity index (χ0) is 8.65. The van der Waals surface area contributed by atoms with E-state index in [1.165, 1.54) is 0 Å². The number of furan rings is 1. The second-order valence-corrected chi connectivity index (χ2v) is 2.91. The smallest absolute Gasteiger partial charge is 0.129 e. The van der Waals surface area contributed by atoms with Crippen LogP contribution >= 0.6 is 11.6 Å². The van der Waals surface area contributed by atoms with Crippen molar-refractivity contribution < 1.29 is 9.15 Å². The van der Waals surface area contributed by atoms with E-state index in [0.29, 0.717) is 12.5 Å². The Kier molecular flexibility index (Phi) is 4.88. The van der Waals surface area contributed by atoms with E-state index in [1.807, 2.05) is 12.1 Å². The molecular formula is C9H13ClO2. The van der Waals surface area contributed by atoms with Gasteiger partial charge in [-0.1, -0.05) is 0 Å². The second kappa shape index (κ2) is 6.09. The van der Waals surface area contributed by atoms with Crippen LogP contribution in [0.2, 0.25) is 0 Å². The normalized spacial score (nSPS) is 10.4. The van der Waals surface area contributed by atoms with Gasteiger partial charge in [0.05, 0.1) is 6.26 Å². The van der Waals surface area contributed by atoms with Crippen molar-refractivity contribution in [1.29, 1.82) is 0 Å². The van der Waals surface area contributed by atoms with Crippen LogP contribution in [-0.4, -0.2) is 12.5 Å². The summed E-state index contributed by atoms with van der Waals surface area (Å²) >= 11 is 5.51. The lowest BCUT2D eigenvalue weighted by atomic mass is 10.4. The van der Waals surface area contributed by atoms with E-state index in [0.717, 1.165) is 25.2 Å². The largest absolute Gasteiger partial charge is 0.467 e. The summed E-state index contributed by atoms with van der Waals surface area (Å²) in [5, 5.41) is 0. The molecule has 0 aliphatic heterocycles.